The molecule has 8 nitrogen and oxygen atoms in total. The fraction of sp³-hybridized carbons (Fsp3) is 0.290. The maximum atomic E-state index is 13.8. The monoisotopic (exact) mass is 604 g/mol. The van der Waals surface area contributed by atoms with Crippen molar-refractivity contribution in [3.05, 3.63) is 105 Å². The van der Waals surface area contributed by atoms with Gasteiger partial charge in [0.15, 0.2) is 0 Å². The number of carbonyl (C=O) groups excluding carboxylic acids is 2. The molecule has 0 radical (unpaired) electrons. The number of halogens is 1. The summed E-state index contributed by atoms with van der Waals surface area (Å²) in [6.45, 7) is 2.67. The third-order valence-electron chi connectivity index (χ3n) is 6.78. The zero-order chi connectivity index (χ0) is 28.5. The molecule has 0 aliphatic rings. The Morgan fingerprint density at radius 3 is 2.42 bits per heavy atom. The Kier molecular flexibility index (Phi) is 10.1. The van der Waals surface area contributed by atoms with Crippen LogP contribution in [0.1, 0.15) is 43.6 Å². The van der Waals surface area contributed by atoms with Crippen LogP contribution in [0.25, 0.3) is 10.9 Å². The van der Waals surface area contributed by atoms with Gasteiger partial charge in [0, 0.05) is 29.7 Å². The Morgan fingerprint density at radius 2 is 1.73 bits per heavy atom. The number of urea groups is 1. The van der Waals surface area contributed by atoms with Crippen LogP contribution in [0.3, 0.4) is 0 Å². The van der Waals surface area contributed by atoms with E-state index in [0.29, 0.717) is 48.2 Å². The number of benzene rings is 3. The van der Waals surface area contributed by atoms with E-state index in [2.05, 4.69) is 21.2 Å². The highest BCUT2D eigenvalue weighted by Gasteiger charge is 2.29. The number of fused-ring (bicyclic) bond motifs is 1. The van der Waals surface area contributed by atoms with E-state index in [4.69, 9.17) is 9.72 Å². The zero-order valence-corrected chi connectivity index (χ0v) is 24.3. The van der Waals surface area contributed by atoms with Crippen molar-refractivity contribution in [2.24, 2.45) is 0 Å². The average molecular weight is 606 g/mol. The van der Waals surface area contributed by atoms with Crippen LogP contribution in [-0.2, 0) is 22.5 Å². The summed E-state index contributed by atoms with van der Waals surface area (Å²) in [6, 6.07) is 23.8. The second-order valence-corrected chi connectivity index (χ2v) is 10.3. The fourth-order valence-corrected chi connectivity index (χ4v) is 4.97. The highest BCUT2D eigenvalue weighted by atomic mass is 79.9. The molecule has 0 saturated heterocycles. The van der Waals surface area contributed by atoms with Gasteiger partial charge in [-0.05, 0) is 61.2 Å². The number of ether oxygens (including phenoxy) is 1. The lowest BCUT2D eigenvalue weighted by Crippen LogP contribution is -2.42. The first kappa shape index (κ1) is 29.0. The highest BCUT2D eigenvalue weighted by Crippen LogP contribution is 2.26. The molecule has 3 aromatic carbocycles. The Bertz CT molecular complexity index is 1510. The normalized spacial score (nSPS) is 11.7. The van der Waals surface area contributed by atoms with E-state index in [1.807, 2.05) is 73.7 Å². The number of nitrogens with one attached hydrogen (secondary N) is 1. The topological polar surface area (TPSA) is 93.5 Å². The lowest BCUT2D eigenvalue weighted by atomic mass is 10.1. The van der Waals surface area contributed by atoms with Gasteiger partial charge in [-0.2, -0.15) is 0 Å². The Morgan fingerprint density at radius 1 is 1.02 bits per heavy atom. The fourth-order valence-electron chi connectivity index (χ4n) is 4.70. The second kappa shape index (κ2) is 13.9. The summed E-state index contributed by atoms with van der Waals surface area (Å²) in [5.74, 6) is 0.156. The molecule has 9 heteroatoms. The van der Waals surface area contributed by atoms with Gasteiger partial charge in [-0.25, -0.2) is 9.78 Å². The predicted molar refractivity (Wildman–Crippen MR) is 160 cm³/mol. The molecular formula is C31H33BrN4O4. The number of esters is 1. The molecule has 0 saturated carbocycles. The molecule has 4 rings (SSSR count). The van der Waals surface area contributed by atoms with Gasteiger partial charge in [0.25, 0.3) is 5.56 Å². The van der Waals surface area contributed by atoms with Crippen LogP contribution in [0.15, 0.2) is 88.1 Å². The summed E-state index contributed by atoms with van der Waals surface area (Å²) in [7, 11) is 1.35. The van der Waals surface area contributed by atoms with E-state index in [-0.39, 0.29) is 30.5 Å². The van der Waals surface area contributed by atoms with Crippen LogP contribution in [0, 0.1) is 0 Å². The van der Waals surface area contributed by atoms with Gasteiger partial charge < -0.3 is 15.0 Å². The number of rotatable bonds is 11. The van der Waals surface area contributed by atoms with E-state index < -0.39 is 6.04 Å². The molecule has 0 spiro atoms. The SMILES string of the molecule is CCC(c1nc2ccccc2c(=O)n1CCCC(=O)OC)N(CCc1ccccc1)C(=O)Nc1ccc(Br)cc1. The number of aromatic nitrogens is 2. The molecule has 0 aliphatic heterocycles. The van der Waals surface area contributed by atoms with Gasteiger partial charge in [-0.15, -0.1) is 0 Å². The quantitative estimate of drug-likeness (QED) is 0.202. The van der Waals surface area contributed by atoms with E-state index in [1.165, 1.54) is 7.11 Å². The number of carbonyl (C=O) groups is 2. The lowest BCUT2D eigenvalue weighted by molar-refractivity contribution is -0.140. The van der Waals surface area contributed by atoms with Crippen LogP contribution < -0.4 is 10.9 Å². The lowest BCUT2D eigenvalue weighted by Gasteiger charge is -2.32. The molecule has 1 atom stereocenters. The van der Waals surface area contributed by atoms with Gasteiger partial charge in [-0.3, -0.25) is 14.2 Å². The van der Waals surface area contributed by atoms with Crippen molar-refractivity contribution in [1.29, 1.82) is 0 Å². The molecule has 1 N–H and O–H groups in total. The minimum Gasteiger partial charge on any atom is -0.469 e. The maximum absolute atomic E-state index is 13.8. The van der Waals surface area contributed by atoms with Crippen LogP contribution in [-0.4, -0.2) is 40.1 Å². The van der Waals surface area contributed by atoms with Crippen molar-refractivity contribution in [2.75, 3.05) is 19.0 Å². The number of amides is 2. The van der Waals surface area contributed by atoms with Crippen LogP contribution >= 0.6 is 15.9 Å². The maximum Gasteiger partial charge on any atom is 0.322 e. The van der Waals surface area contributed by atoms with Crippen molar-refractivity contribution >= 4 is 44.5 Å². The van der Waals surface area contributed by atoms with Gasteiger partial charge in [0.05, 0.1) is 24.1 Å². The Balaban J connectivity index is 1.75. The Labute approximate surface area is 242 Å². The smallest absolute Gasteiger partial charge is 0.322 e. The highest BCUT2D eigenvalue weighted by molar-refractivity contribution is 9.10. The standard InChI is InChI=1S/C31H33BrN4O4/c1-3-27(29-34-26-13-8-7-12-25(26)30(38)36(29)20-9-14-28(37)40-2)35(21-19-22-10-5-4-6-11-22)31(39)33-24-17-15-23(32)16-18-24/h4-8,10-13,15-18,27H,3,9,14,19-21H2,1-2H3,(H,33,39). The predicted octanol–water partition coefficient (Wildman–Crippen LogP) is 6.34. The molecule has 1 aromatic heterocycles. The first-order chi connectivity index (χ1) is 19.4. The number of nitrogens with zero attached hydrogens (tertiary/aromatic N) is 3. The third kappa shape index (κ3) is 7.15. The third-order valence-corrected chi connectivity index (χ3v) is 7.31. The van der Waals surface area contributed by atoms with Gasteiger partial charge >= 0.3 is 12.0 Å². The molecule has 0 aliphatic carbocycles. The molecule has 2 amide bonds. The summed E-state index contributed by atoms with van der Waals surface area (Å²) >= 11 is 3.43. The largest absolute Gasteiger partial charge is 0.469 e. The molecule has 208 valence electrons. The molecule has 1 unspecified atom stereocenters. The number of hydrogen-bond acceptors (Lipinski definition) is 5. The summed E-state index contributed by atoms with van der Waals surface area (Å²) in [5.41, 5.74) is 2.14. The van der Waals surface area contributed by atoms with E-state index >= 15 is 0 Å². The van der Waals surface area contributed by atoms with Crippen molar-refractivity contribution in [1.82, 2.24) is 14.5 Å². The van der Waals surface area contributed by atoms with Gasteiger partial charge in [-0.1, -0.05) is 65.3 Å². The van der Waals surface area contributed by atoms with Crippen molar-refractivity contribution in [3.8, 4) is 0 Å². The van der Waals surface area contributed by atoms with Gasteiger partial charge in [0.1, 0.15) is 5.82 Å². The number of methoxy groups -OCH3 is 1. The summed E-state index contributed by atoms with van der Waals surface area (Å²) in [4.78, 5) is 46.0. The molecule has 0 fully saturated rings. The van der Waals surface area contributed by atoms with Crippen LogP contribution in [0.5, 0.6) is 0 Å². The first-order valence-corrected chi connectivity index (χ1v) is 14.1. The van der Waals surface area contributed by atoms with Crippen molar-refractivity contribution < 1.29 is 14.3 Å². The summed E-state index contributed by atoms with van der Waals surface area (Å²) in [5, 5.41) is 3.51. The Hall–Kier alpha value is -3.98. The molecular weight excluding hydrogens is 572 g/mol. The molecule has 1 heterocycles. The van der Waals surface area contributed by atoms with Gasteiger partial charge in [0.2, 0.25) is 0 Å². The first-order valence-electron chi connectivity index (χ1n) is 13.3. The molecule has 0 bridgehead atoms. The van der Waals surface area contributed by atoms with Crippen LogP contribution in [0.2, 0.25) is 0 Å². The van der Waals surface area contributed by atoms with Crippen molar-refractivity contribution in [3.63, 3.8) is 0 Å². The van der Waals surface area contributed by atoms with E-state index in [0.717, 1.165) is 10.0 Å². The van der Waals surface area contributed by atoms with Crippen molar-refractivity contribution in [2.45, 2.75) is 45.2 Å². The second-order valence-electron chi connectivity index (χ2n) is 9.41. The number of hydrogen-bond donors (Lipinski definition) is 1. The molecule has 40 heavy (non-hydrogen) atoms. The van der Waals surface area contributed by atoms with E-state index in [1.54, 1.807) is 21.6 Å². The minimum atomic E-state index is -0.491. The van der Waals surface area contributed by atoms with Crippen LogP contribution in [0.4, 0.5) is 10.5 Å². The minimum absolute atomic E-state index is 0.174. The average Bonchev–Trinajstić information content (AvgIpc) is 2.98. The number of para-hydroxylation sites is 1. The summed E-state index contributed by atoms with van der Waals surface area (Å²) < 4.78 is 7.31. The molecule has 4 aromatic rings. The number of anilines is 1. The van der Waals surface area contributed by atoms with E-state index in [9.17, 15) is 14.4 Å². The summed E-state index contributed by atoms with van der Waals surface area (Å²) in [6.07, 6.45) is 1.74. The zero-order valence-electron chi connectivity index (χ0n) is 22.7.